The number of aliphatic hydroxyl groups is 1. The number of Topliss-reactive ketones (excluding diaryl/α,β-unsaturated/α-hetero) is 1. The summed E-state index contributed by atoms with van der Waals surface area (Å²) in [5.41, 5.74) is 0.937. The topological polar surface area (TPSA) is 50.2 Å². The van der Waals surface area contributed by atoms with E-state index in [1.807, 2.05) is 30.3 Å². The second-order valence-electron chi connectivity index (χ2n) is 5.52. The number of benzene rings is 1. The third-order valence-corrected chi connectivity index (χ3v) is 4.83. The van der Waals surface area contributed by atoms with Gasteiger partial charge in [0.15, 0.2) is 10.8 Å². The molecule has 1 N–H and O–H groups in total. The molecule has 0 unspecified atom stereocenters. The molecule has 3 rings (SSSR count). The van der Waals surface area contributed by atoms with E-state index in [-0.39, 0.29) is 17.8 Å². The van der Waals surface area contributed by atoms with Gasteiger partial charge in [0.25, 0.3) is 0 Å². The van der Waals surface area contributed by atoms with E-state index >= 15 is 0 Å². The first-order valence-electron chi connectivity index (χ1n) is 7.47. The molecule has 1 heterocycles. The summed E-state index contributed by atoms with van der Waals surface area (Å²) >= 11 is 1.36. The van der Waals surface area contributed by atoms with Crippen LogP contribution in [0, 0.1) is 17.8 Å². The summed E-state index contributed by atoms with van der Waals surface area (Å²) in [6, 6.07) is 9.73. The van der Waals surface area contributed by atoms with E-state index in [1.165, 1.54) is 11.3 Å². The number of hydrogen-bond donors (Lipinski definition) is 1. The van der Waals surface area contributed by atoms with Crippen LogP contribution in [0.5, 0.6) is 0 Å². The number of ketones is 1. The monoisotopic (exact) mass is 311 g/mol. The fraction of sp³-hybridized carbons (Fsp3) is 0.333. The summed E-state index contributed by atoms with van der Waals surface area (Å²) < 4.78 is 0. The maximum Gasteiger partial charge on any atom is 0.177 e. The van der Waals surface area contributed by atoms with Crippen LogP contribution >= 0.6 is 11.3 Å². The van der Waals surface area contributed by atoms with Gasteiger partial charge in [-0.1, -0.05) is 24.1 Å². The summed E-state index contributed by atoms with van der Waals surface area (Å²) in [6.45, 7) is 0. The molecule has 1 saturated carbocycles. The summed E-state index contributed by atoms with van der Waals surface area (Å²) in [6.07, 6.45) is 4.36. The van der Waals surface area contributed by atoms with Crippen molar-refractivity contribution < 1.29 is 9.90 Å². The largest absolute Gasteiger partial charge is 0.393 e. The normalized spacial score (nSPS) is 21.0. The molecule has 4 heteroatoms. The zero-order valence-electron chi connectivity index (χ0n) is 12.2. The van der Waals surface area contributed by atoms with Gasteiger partial charge in [-0.25, -0.2) is 4.98 Å². The van der Waals surface area contributed by atoms with E-state index in [9.17, 15) is 9.90 Å². The Morgan fingerprint density at radius 2 is 1.86 bits per heavy atom. The van der Waals surface area contributed by atoms with Crippen LogP contribution in [0.15, 0.2) is 36.5 Å². The first-order valence-corrected chi connectivity index (χ1v) is 8.29. The summed E-state index contributed by atoms with van der Waals surface area (Å²) in [7, 11) is 0. The lowest BCUT2D eigenvalue weighted by molar-refractivity contribution is 0.0768. The van der Waals surface area contributed by atoms with Crippen LogP contribution in [0.4, 0.5) is 0 Å². The molecule has 0 radical (unpaired) electrons. The predicted octanol–water partition coefficient (Wildman–Crippen LogP) is 3.28. The molecule has 0 spiro atoms. The van der Waals surface area contributed by atoms with E-state index in [2.05, 4.69) is 16.8 Å². The van der Waals surface area contributed by atoms with Crippen LogP contribution in [0.2, 0.25) is 0 Å². The van der Waals surface area contributed by atoms with Gasteiger partial charge in [-0.3, -0.25) is 4.79 Å². The van der Waals surface area contributed by atoms with E-state index < -0.39 is 0 Å². The smallest absolute Gasteiger partial charge is 0.177 e. The molecule has 1 aromatic carbocycles. The van der Waals surface area contributed by atoms with Crippen LogP contribution in [-0.4, -0.2) is 22.0 Å². The van der Waals surface area contributed by atoms with E-state index in [1.54, 1.807) is 6.20 Å². The van der Waals surface area contributed by atoms with Gasteiger partial charge in [0.05, 0.1) is 17.2 Å². The molecular formula is C18H17NO2S. The number of carbonyl (C=O) groups is 1. The zero-order chi connectivity index (χ0) is 15.4. The Labute approximate surface area is 134 Å². The van der Waals surface area contributed by atoms with Crippen LogP contribution in [-0.2, 0) is 0 Å². The van der Waals surface area contributed by atoms with Gasteiger partial charge < -0.3 is 5.11 Å². The predicted molar refractivity (Wildman–Crippen MR) is 86.8 cm³/mol. The molecule has 2 aromatic rings. The standard InChI is InChI=1S/C18H17NO2S/c20-15-9-7-14(8-10-15)18(21)16-12-19-17(22-16)11-6-13-4-2-1-3-5-13/h1-5,12,14-15,20H,7-10H2. The Kier molecular flexibility index (Phi) is 4.67. The van der Waals surface area contributed by atoms with E-state index in [4.69, 9.17) is 0 Å². The molecule has 3 nitrogen and oxygen atoms in total. The van der Waals surface area contributed by atoms with E-state index in [0.717, 1.165) is 31.2 Å². The van der Waals surface area contributed by atoms with Gasteiger partial charge in [0, 0.05) is 11.5 Å². The van der Waals surface area contributed by atoms with Crippen molar-refractivity contribution >= 4 is 17.1 Å². The number of nitrogens with zero attached hydrogens (tertiary/aromatic N) is 1. The quantitative estimate of drug-likeness (QED) is 0.684. The van der Waals surface area contributed by atoms with Crippen molar-refractivity contribution in [3.05, 3.63) is 52.0 Å². The average molecular weight is 311 g/mol. The Hall–Kier alpha value is -1.96. The second kappa shape index (κ2) is 6.87. The zero-order valence-corrected chi connectivity index (χ0v) is 13.0. The minimum absolute atomic E-state index is 0.0267. The van der Waals surface area contributed by atoms with Crippen LogP contribution < -0.4 is 0 Å². The molecule has 0 aliphatic heterocycles. The van der Waals surface area contributed by atoms with Gasteiger partial charge in [-0.15, -0.1) is 11.3 Å². The Morgan fingerprint density at radius 3 is 2.59 bits per heavy atom. The van der Waals surface area contributed by atoms with Crippen molar-refractivity contribution in [2.45, 2.75) is 31.8 Å². The first-order chi connectivity index (χ1) is 10.7. The van der Waals surface area contributed by atoms with Crippen LogP contribution in [0.25, 0.3) is 0 Å². The molecule has 112 valence electrons. The summed E-state index contributed by atoms with van der Waals surface area (Å²) in [5, 5.41) is 10.2. The van der Waals surface area contributed by atoms with E-state index in [0.29, 0.717) is 9.88 Å². The lowest BCUT2D eigenvalue weighted by atomic mass is 9.84. The molecular weight excluding hydrogens is 294 g/mol. The SMILES string of the molecule is O=C(c1cnc(C#Cc2ccccc2)s1)C1CCC(O)CC1. The summed E-state index contributed by atoms with van der Waals surface area (Å²) in [4.78, 5) is 17.4. The van der Waals surface area contributed by atoms with Crippen molar-refractivity contribution in [3.63, 3.8) is 0 Å². The minimum atomic E-state index is -0.238. The van der Waals surface area contributed by atoms with Crippen molar-refractivity contribution in [3.8, 4) is 11.8 Å². The molecule has 0 bridgehead atoms. The molecule has 22 heavy (non-hydrogen) atoms. The molecule has 1 aliphatic rings. The molecule has 1 aliphatic carbocycles. The number of aromatic nitrogens is 1. The van der Waals surface area contributed by atoms with Crippen molar-refractivity contribution in [1.82, 2.24) is 4.98 Å². The van der Waals surface area contributed by atoms with Crippen molar-refractivity contribution in [2.24, 2.45) is 5.92 Å². The number of aliphatic hydroxyl groups excluding tert-OH is 1. The maximum absolute atomic E-state index is 12.4. The fourth-order valence-electron chi connectivity index (χ4n) is 2.63. The molecule has 1 fully saturated rings. The van der Waals surface area contributed by atoms with Gasteiger partial charge in [0.1, 0.15) is 0 Å². The van der Waals surface area contributed by atoms with Gasteiger partial charge in [-0.05, 0) is 43.7 Å². The lowest BCUT2D eigenvalue weighted by Gasteiger charge is -2.23. The average Bonchev–Trinajstić information content (AvgIpc) is 3.03. The number of hydrogen-bond acceptors (Lipinski definition) is 4. The Balaban J connectivity index is 1.69. The molecule has 0 amide bonds. The summed E-state index contributed by atoms with van der Waals surface area (Å²) in [5.74, 6) is 6.24. The van der Waals surface area contributed by atoms with Gasteiger partial charge >= 0.3 is 0 Å². The molecule has 0 atom stereocenters. The molecule has 1 aromatic heterocycles. The highest BCUT2D eigenvalue weighted by Gasteiger charge is 2.27. The Bertz CT molecular complexity index is 703. The van der Waals surface area contributed by atoms with Crippen LogP contribution in [0.3, 0.4) is 0 Å². The highest BCUT2D eigenvalue weighted by Crippen LogP contribution is 2.28. The lowest BCUT2D eigenvalue weighted by Crippen LogP contribution is -2.23. The second-order valence-corrected chi connectivity index (χ2v) is 6.55. The number of carbonyl (C=O) groups excluding carboxylic acids is 1. The minimum Gasteiger partial charge on any atom is -0.393 e. The third-order valence-electron chi connectivity index (χ3n) is 3.90. The van der Waals surface area contributed by atoms with Crippen LogP contribution in [0.1, 0.15) is 45.9 Å². The van der Waals surface area contributed by atoms with Gasteiger partial charge in [0.2, 0.25) is 0 Å². The fourth-order valence-corrected chi connectivity index (χ4v) is 3.42. The van der Waals surface area contributed by atoms with Crippen molar-refractivity contribution in [2.75, 3.05) is 0 Å². The highest BCUT2D eigenvalue weighted by atomic mass is 32.1. The third kappa shape index (κ3) is 3.62. The Morgan fingerprint density at radius 1 is 1.14 bits per heavy atom. The number of rotatable bonds is 2. The van der Waals surface area contributed by atoms with Gasteiger partial charge in [-0.2, -0.15) is 0 Å². The number of thiazole rings is 1. The maximum atomic E-state index is 12.4. The highest BCUT2D eigenvalue weighted by molar-refractivity contribution is 7.14. The van der Waals surface area contributed by atoms with Crippen molar-refractivity contribution in [1.29, 1.82) is 0 Å². The molecule has 0 saturated heterocycles. The first kappa shape index (κ1) is 15.0.